The summed E-state index contributed by atoms with van der Waals surface area (Å²) in [5.74, 6) is 1.39. The van der Waals surface area contributed by atoms with Crippen molar-refractivity contribution in [3.8, 4) is 16.8 Å². The predicted octanol–water partition coefficient (Wildman–Crippen LogP) is 3.80. The van der Waals surface area contributed by atoms with E-state index in [0.717, 1.165) is 65.0 Å². The van der Waals surface area contributed by atoms with Gasteiger partial charge in [-0.15, -0.1) is 11.3 Å². The molecule has 1 aliphatic rings. The number of thiophene rings is 1. The van der Waals surface area contributed by atoms with Gasteiger partial charge in [0, 0.05) is 37.1 Å². The van der Waals surface area contributed by atoms with Crippen LogP contribution in [0.3, 0.4) is 0 Å². The number of aromatic nitrogens is 6. The van der Waals surface area contributed by atoms with Gasteiger partial charge in [-0.25, -0.2) is 14.4 Å². The van der Waals surface area contributed by atoms with Crippen LogP contribution in [0.25, 0.3) is 27.0 Å². The van der Waals surface area contributed by atoms with Crippen LogP contribution in [0.15, 0.2) is 66.3 Å². The summed E-state index contributed by atoms with van der Waals surface area (Å²) in [5.41, 5.74) is 2.92. The second-order valence-electron chi connectivity index (χ2n) is 7.73. The van der Waals surface area contributed by atoms with Gasteiger partial charge in [0.1, 0.15) is 22.8 Å². The van der Waals surface area contributed by atoms with Crippen LogP contribution in [-0.2, 0) is 0 Å². The molecule has 2 aromatic carbocycles. The molecule has 4 heterocycles. The van der Waals surface area contributed by atoms with Crippen molar-refractivity contribution in [1.82, 2.24) is 30.2 Å². The van der Waals surface area contributed by atoms with Crippen molar-refractivity contribution in [3.05, 3.63) is 72.1 Å². The zero-order valence-corrected chi connectivity index (χ0v) is 18.4. The van der Waals surface area contributed by atoms with Gasteiger partial charge in [0.2, 0.25) is 5.95 Å². The van der Waals surface area contributed by atoms with Crippen LogP contribution >= 0.6 is 11.3 Å². The first-order valence-electron chi connectivity index (χ1n) is 10.6. The van der Waals surface area contributed by atoms with Gasteiger partial charge in [-0.2, -0.15) is 4.68 Å². The molecule has 164 valence electrons. The quantitative estimate of drug-likeness (QED) is 0.405. The van der Waals surface area contributed by atoms with Crippen LogP contribution in [0.2, 0.25) is 0 Å². The summed E-state index contributed by atoms with van der Waals surface area (Å²) in [6.07, 6.45) is 1.62. The summed E-state index contributed by atoms with van der Waals surface area (Å²) in [6, 6.07) is 16.5. The molecule has 0 atom stereocenters. The third-order valence-corrected chi connectivity index (χ3v) is 6.71. The Morgan fingerprint density at radius 2 is 1.61 bits per heavy atom. The molecule has 5 aromatic rings. The lowest BCUT2D eigenvalue weighted by atomic mass is 10.1. The van der Waals surface area contributed by atoms with E-state index in [-0.39, 0.29) is 5.82 Å². The van der Waals surface area contributed by atoms with E-state index < -0.39 is 0 Å². The number of para-hydroxylation sites is 1. The van der Waals surface area contributed by atoms with Crippen LogP contribution in [0, 0.1) is 5.82 Å². The second-order valence-corrected chi connectivity index (χ2v) is 8.59. The highest BCUT2D eigenvalue weighted by Crippen LogP contribution is 2.38. The van der Waals surface area contributed by atoms with Gasteiger partial charge in [-0.3, -0.25) is 0 Å². The van der Waals surface area contributed by atoms with Crippen LogP contribution in [0.5, 0.6) is 0 Å². The summed E-state index contributed by atoms with van der Waals surface area (Å²) >= 11 is 1.58. The van der Waals surface area contributed by atoms with Gasteiger partial charge < -0.3 is 9.80 Å². The van der Waals surface area contributed by atoms with E-state index in [1.165, 1.54) is 12.1 Å². The Labute approximate surface area is 192 Å². The van der Waals surface area contributed by atoms with Crippen molar-refractivity contribution in [2.75, 3.05) is 36.0 Å². The minimum atomic E-state index is -0.247. The van der Waals surface area contributed by atoms with Crippen molar-refractivity contribution < 1.29 is 4.39 Å². The molecule has 1 fully saturated rings. The molecule has 1 aliphatic heterocycles. The first-order valence-corrected chi connectivity index (χ1v) is 11.5. The average molecular weight is 459 g/mol. The number of hydrogen-bond donors (Lipinski definition) is 0. The number of anilines is 2. The summed E-state index contributed by atoms with van der Waals surface area (Å²) in [7, 11) is 0. The van der Waals surface area contributed by atoms with Crippen molar-refractivity contribution >= 4 is 33.3 Å². The fourth-order valence-electron chi connectivity index (χ4n) is 4.18. The Hall–Kier alpha value is -3.92. The fourth-order valence-corrected chi connectivity index (χ4v) is 5.09. The third-order valence-electron chi connectivity index (χ3n) is 5.82. The topological polar surface area (TPSA) is 75.9 Å². The average Bonchev–Trinajstić information content (AvgIpc) is 3.53. The van der Waals surface area contributed by atoms with Gasteiger partial charge in [0.05, 0.1) is 11.1 Å². The Morgan fingerprint density at radius 3 is 2.39 bits per heavy atom. The van der Waals surface area contributed by atoms with Crippen LogP contribution in [0.4, 0.5) is 16.2 Å². The molecule has 0 unspecified atom stereocenters. The van der Waals surface area contributed by atoms with Crippen LogP contribution in [-0.4, -0.2) is 56.4 Å². The van der Waals surface area contributed by atoms with E-state index >= 15 is 0 Å². The molecule has 0 bridgehead atoms. The number of nitrogens with zero attached hydrogens (tertiary/aromatic N) is 8. The fraction of sp³-hybridized carbons (Fsp3) is 0.174. The Kier molecular flexibility index (Phi) is 4.91. The minimum Gasteiger partial charge on any atom is -0.352 e. The maximum absolute atomic E-state index is 13.5. The molecule has 0 aliphatic carbocycles. The smallest absolute Gasteiger partial charge is 0.250 e. The van der Waals surface area contributed by atoms with Gasteiger partial charge in [-0.1, -0.05) is 35.4 Å². The maximum atomic E-state index is 13.5. The molecule has 0 amide bonds. The second kappa shape index (κ2) is 8.21. The van der Waals surface area contributed by atoms with E-state index in [2.05, 4.69) is 40.7 Å². The molecule has 10 heteroatoms. The Bertz CT molecular complexity index is 1390. The largest absolute Gasteiger partial charge is 0.352 e. The molecule has 8 nitrogen and oxygen atoms in total. The lowest BCUT2D eigenvalue weighted by Crippen LogP contribution is -2.47. The molecular formula is C23H19FN8S. The number of piperazine rings is 1. The lowest BCUT2D eigenvalue weighted by molar-refractivity contribution is 0.627. The molecule has 0 radical (unpaired) electrons. The van der Waals surface area contributed by atoms with Gasteiger partial charge in [0.25, 0.3) is 0 Å². The van der Waals surface area contributed by atoms with E-state index in [1.807, 2.05) is 30.3 Å². The summed E-state index contributed by atoms with van der Waals surface area (Å²) in [5, 5.41) is 15.4. The summed E-state index contributed by atoms with van der Waals surface area (Å²) in [6.45, 7) is 3.06. The molecule has 3 aromatic heterocycles. The molecule has 0 saturated carbocycles. The van der Waals surface area contributed by atoms with E-state index in [4.69, 9.17) is 0 Å². The first-order chi connectivity index (χ1) is 16.3. The third kappa shape index (κ3) is 3.58. The van der Waals surface area contributed by atoms with E-state index in [1.54, 1.807) is 34.5 Å². The molecule has 0 N–H and O–H groups in total. The molecule has 0 spiro atoms. The number of rotatable bonds is 4. The van der Waals surface area contributed by atoms with E-state index in [0.29, 0.717) is 0 Å². The number of tetrazole rings is 1. The number of benzene rings is 2. The minimum absolute atomic E-state index is 0.247. The normalized spacial score (nSPS) is 14.2. The zero-order chi connectivity index (χ0) is 22.2. The first kappa shape index (κ1) is 19.7. The van der Waals surface area contributed by atoms with Crippen LogP contribution in [0.1, 0.15) is 0 Å². The highest BCUT2D eigenvalue weighted by Gasteiger charge is 2.25. The number of halogens is 1. The lowest BCUT2D eigenvalue weighted by Gasteiger charge is -2.35. The Balaban J connectivity index is 1.28. The van der Waals surface area contributed by atoms with Gasteiger partial charge in [-0.05, 0) is 40.3 Å². The zero-order valence-electron chi connectivity index (χ0n) is 17.5. The molecule has 1 saturated heterocycles. The van der Waals surface area contributed by atoms with Crippen molar-refractivity contribution in [3.63, 3.8) is 0 Å². The summed E-state index contributed by atoms with van der Waals surface area (Å²) in [4.78, 5) is 14.5. The Morgan fingerprint density at radius 1 is 0.848 bits per heavy atom. The SMILES string of the molecule is Fc1ccc(-c2csc3ncnc(N4CCN(c5nnnn5-c5ccccc5)CC4)c23)cc1. The number of fused-ring (bicyclic) bond motifs is 1. The van der Waals surface area contributed by atoms with Crippen molar-refractivity contribution in [1.29, 1.82) is 0 Å². The maximum Gasteiger partial charge on any atom is 0.250 e. The van der Waals surface area contributed by atoms with E-state index in [9.17, 15) is 4.39 Å². The number of hydrogen-bond acceptors (Lipinski definition) is 8. The van der Waals surface area contributed by atoms with Crippen molar-refractivity contribution in [2.45, 2.75) is 0 Å². The van der Waals surface area contributed by atoms with Crippen LogP contribution < -0.4 is 9.80 Å². The highest BCUT2D eigenvalue weighted by molar-refractivity contribution is 7.17. The van der Waals surface area contributed by atoms with Gasteiger partial charge in [0.15, 0.2) is 0 Å². The monoisotopic (exact) mass is 458 g/mol. The van der Waals surface area contributed by atoms with Crippen molar-refractivity contribution in [2.24, 2.45) is 0 Å². The molecular weight excluding hydrogens is 439 g/mol. The molecule has 33 heavy (non-hydrogen) atoms. The molecule has 6 rings (SSSR count). The standard InChI is InChI=1S/C23H19FN8S/c24-17-8-6-16(7-9-17)19-14-33-22-20(19)21(25-15-26-22)30-10-12-31(13-11-30)23-27-28-29-32(23)18-4-2-1-3-5-18/h1-9,14-15H,10-13H2. The highest BCUT2D eigenvalue weighted by atomic mass is 32.1. The van der Waals surface area contributed by atoms with Gasteiger partial charge >= 0.3 is 0 Å². The predicted molar refractivity (Wildman–Crippen MR) is 126 cm³/mol. The summed E-state index contributed by atoms with van der Waals surface area (Å²) < 4.78 is 15.2.